The monoisotopic (exact) mass is 287 g/mol. The number of carbonyl (C=O) groups is 1. The van der Waals surface area contributed by atoms with Gasteiger partial charge >= 0.3 is 5.97 Å². The molecule has 1 N–H and O–H groups in total. The second-order valence-corrected chi connectivity index (χ2v) is 4.13. The number of aliphatic hydroxyl groups excluding tert-OH is 1. The van der Waals surface area contributed by atoms with E-state index in [0.29, 0.717) is 25.3 Å². The highest BCUT2D eigenvalue weighted by Crippen LogP contribution is 2.08. The van der Waals surface area contributed by atoms with Gasteiger partial charge in [-0.05, 0) is 6.42 Å². The lowest BCUT2D eigenvalue weighted by Gasteiger charge is -2.12. The molecule has 0 aromatic carbocycles. The lowest BCUT2D eigenvalue weighted by molar-refractivity contribution is 0.00549. The highest BCUT2D eigenvalue weighted by molar-refractivity contribution is 5.88. The van der Waals surface area contributed by atoms with Crippen molar-refractivity contribution < 1.29 is 24.1 Å². The second-order valence-electron chi connectivity index (χ2n) is 4.13. The topological polar surface area (TPSA) is 95.7 Å². The maximum Gasteiger partial charge on any atom is 0.360 e. The molecule has 20 heavy (non-hydrogen) atoms. The molecule has 8 nitrogen and oxygen atoms in total. The van der Waals surface area contributed by atoms with Crippen LogP contribution in [0, 0.1) is 0 Å². The number of esters is 1. The van der Waals surface area contributed by atoms with Crippen LogP contribution in [0.2, 0.25) is 0 Å². The Morgan fingerprint density at radius 1 is 1.40 bits per heavy atom. The van der Waals surface area contributed by atoms with Crippen molar-refractivity contribution >= 4 is 5.97 Å². The fraction of sp³-hybridized carbons (Fsp3) is 0.750. The Bertz CT molecular complexity index is 421. The van der Waals surface area contributed by atoms with Crippen molar-refractivity contribution in [1.82, 2.24) is 15.0 Å². The Labute approximate surface area is 117 Å². The van der Waals surface area contributed by atoms with Crippen molar-refractivity contribution in [2.45, 2.75) is 26.0 Å². The molecule has 0 radical (unpaired) electrons. The number of aliphatic hydroxyl groups is 1. The number of nitrogens with zero attached hydrogens (tertiary/aromatic N) is 3. The molecule has 0 fully saturated rings. The third kappa shape index (κ3) is 4.55. The first kappa shape index (κ1) is 16.5. The average molecular weight is 287 g/mol. The van der Waals surface area contributed by atoms with E-state index in [1.54, 1.807) is 7.11 Å². The maximum atomic E-state index is 11.5. The summed E-state index contributed by atoms with van der Waals surface area (Å²) >= 11 is 0. The summed E-state index contributed by atoms with van der Waals surface area (Å²) in [5.74, 6) is -0.529. The number of hydrogen-bond acceptors (Lipinski definition) is 7. The van der Waals surface area contributed by atoms with E-state index in [1.807, 2.05) is 6.92 Å². The van der Waals surface area contributed by atoms with Gasteiger partial charge in [0, 0.05) is 7.11 Å². The summed E-state index contributed by atoms with van der Waals surface area (Å²) in [6, 6.07) is 0. The van der Waals surface area contributed by atoms with E-state index in [4.69, 9.17) is 9.47 Å². The maximum absolute atomic E-state index is 11.5. The molecule has 0 amide bonds. The summed E-state index contributed by atoms with van der Waals surface area (Å²) in [6.45, 7) is 3.14. The van der Waals surface area contributed by atoms with Crippen LogP contribution < -0.4 is 0 Å². The number of rotatable bonds is 9. The van der Waals surface area contributed by atoms with Gasteiger partial charge in [0.1, 0.15) is 0 Å². The van der Waals surface area contributed by atoms with Crippen molar-refractivity contribution in [2.24, 2.45) is 0 Å². The van der Waals surface area contributed by atoms with E-state index < -0.39 is 12.1 Å². The zero-order chi connectivity index (χ0) is 15.0. The molecule has 0 saturated carbocycles. The molecule has 1 aromatic rings. The zero-order valence-electron chi connectivity index (χ0n) is 12.0. The minimum atomic E-state index is -0.732. The SMILES string of the molecule is CCc1c(C(=O)OC)nnn1CC(O)COCCOC. The van der Waals surface area contributed by atoms with Gasteiger partial charge in [-0.25, -0.2) is 9.48 Å². The largest absolute Gasteiger partial charge is 0.464 e. The van der Waals surface area contributed by atoms with E-state index in [-0.39, 0.29) is 18.8 Å². The molecule has 0 spiro atoms. The normalized spacial score (nSPS) is 12.4. The first-order chi connectivity index (χ1) is 9.63. The van der Waals surface area contributed by atoms with Gasteiger partial charge in [-0.3, -0.25) is 0 Å². The van der Waals surface area contributed by atoms with Gasteiger partial charge in [0.05, 0.1) is 45.3 Å². The first-order valence-corrected chi connectivity index (χ1v) is 6.39. The molecule has 0 saturated heterocycles. The van der Waals surface area contributed by atoms with Gasteiger partial charge in [0.2, 0.25) is 0 Å². The van der Waals surface area contributed by atoms with Crippen LogP contribution in [0.1, 0.15) is 23.1 Å². The Balaban J connectivity index is 2.58. The lowest BCUT2D eigenvalue weighted by atomic mass is 10.2. The van der Waals surface area contributed by atoms with E-state index in [0.717, 1.165) is 0 Å². The summed E-state index contributed by atoms with van der Waals surface area (Å²) in [5, 5.41) is 17.5. The molecule has 1 heterocycles. The van der Waals surface area contributed by atoms with Crippen molar-refractivity contribution in [3.63, 3.8) is 0 Å². The molecular formula is C12H21N3O5. The highest BCUT2D eigenvalue weighted by atomic mass is 16.5. The second kappa shape index (κ2) is 8.62. The van der Waals surface area contributed by atoms with E-state index >= 15 is 0 Å². The van der Waals surface area contributed by atoms with Crippen LogP contribution in [0.3, 0.4) is 0 Å². The fourth-order valence-corrected chi connectivity index (χ4v) is 1.70. The molecule has 114 valence electrons. The van der Waals surface area contributed by atoms with Gasteiger partial charge in [-0.2, -0.15) is 0 Å². The molecule has 0 aliphatic carbocycles. The average Bonchev–Trinajstić information content (AvgIpc) is 2.85. The summed E-state index contributed by atoms with van der Waals surface area (Å²) in [5.41, 5.74) is 0.815. The van der Waals surface area contributed by atoms with Crippen LogP contribution in [0.5, 0.6) is 0 Å². The summed E-state index contributed by atoms with van der Waals surface area (Å²) in [6.07, 6.45) is -0.168. The van der Waals surface area contributed by atoms with E-state index in [2.05, 4.69) is 15.0 Å². The van der Waals surface area contributed by atoms with Crippen LogP contribution >= 0.6 is 0 Å². The molecular weight excluding hydrogens is 266 g/mol. The molecule has 0 aliphatic rings. The third-order valence-electron chi connectivity index (χ3n) is 2.68. The highest BCUT2D eigenvalue weighted by Gasteiger charge is 2.20. The summed E-state index contributed by atoms with van der Waals surface area (Å²) < 4.78 is 16.2. The van der Waals surface area contributed by atoms with Crippen molar-refractivity contribution in [3.8, 4) is 0 Å². The predicted octanol–water partition coefficient (Wildman–Crippen LogP) is -0.349. The Morgan fingerprint density at radius 3 is 2.75 bits per heavy atom. The van der Waals surface area contributed by atoms with Crippen molar-refractivity contribution in [2.75, 3.05) is 34.0 Å². The van der Waals surface area contributed by atoms with Gasteiger partial charge in [0.25, 0.3) is 0 Å². The minimum Gasteiger partial charge on any atom is -0.464 e. The molecule has 8 heteroatoms. The number of hydrogen-bond donors (Lipinski definition) is 1. The number of methoxy groups -OCH3 is 2. The van der Waals surface area contributed by atoms with Gasteiger partial charge in [-0.1, -0.05) is 12.1 Å². The Kier molecular flexibility index (Phi) is 7.13. The van der Waals surface area contributed by atoms with Crippen LogP contribution in [-0.4, -0.2) is 66.2 Å². The molecule has 1 atom stereocenters. The molecule has 0 bridgehead atoms. The number of ether oxygens (including phenoxy) is 3. The van der Waals surface area contributed by atoms with E-state index in [1.165, 1.54) is 11.8 Å². The van der Waals surface area contributed by atoms with Gasteiger partial charge in [-0.15, -0.1) is 5.10 Å². The van der Waals surface area contributed by atoms with Crippen LogP contribution in [-0.2, 0) is 27.2 Å². The Hall–Kier alpha value is -1.51. The van der Waals surface area contributed by atoms with E-state index in [9.17, 15) is 9.90 Å². The molecule has 1 unspecified atom stereocenters. The first-order valence-electron chi connectivity index (χ1n) is 6.39. The lowest BCUT2D eigenvalue weighted by Crippen LogP contribution is -2.24. The Morgan fingerprint density at radius 2 is 2.15 bits per heavy atom. The van der Waals surface area contributed by atoms with Crippen LogP contribution in [0.25, 0.3) is 0 Å². The third-order valence-corrected chi connectivity index (χ3v) is 2.68. The van der Waals surface area contributed by atoms with Crippen LogP contribution in [0.15, 0.2) is 0 Å². The quantitative estimate of drug-likeness (QED) is 0.490. The van der Waals surface area contributed by atoms with Crippen molar-refractivity contribution in [3.05, 3.63) is 11.4 Å². The molecule has 1 rings (SSSR count). The van der Waals surface area contributed by atoms with Crippen molar-refractivity contribution in [1.29, 1.82) is 0 Å². The number of aromatic nitrogens is 3. The zero-order valence-corrected chi connectivity index (χ0v) is 12.0. The predicted molar refractivity (Wildman–Crippen MR) is 69.4 cm³/mol. The molecule has 0 aliphatic heterocycles. The number of carbonyl (C=O) groups excluding carboxylic acids is 1. The standard InChI is InChI=1S/C12H21N3O5/c1-4-10-11(12(17)19-3)13-14-15(10)7-9(16)8-20-6-5-18-2/h9,16H,4-8H2,1-3H3. The minimum absolute atomic E-state index is 0.167. The summed E-state index contributed by atoms with van der Waals surface area (Å²) in [4.78, 5) is 11.5. The fourth-order valence-electron chi connectivity index (χ4n) is 1.70. The summed E-state index contributed by atoms with van der Waals surface area (Å²) in [7, 11) is 2.87. The van der Waals surface area contributed by atoms with Gasteiger partial charge < -0.3 is 19.3 Å². The smallest absolute Gasteiger partial charge is 0.360 e. The van der Waals surface area contributed by atoms with Gasteiger partial charge in [0.15, 0.2) is 5.69 Å². The van der Waals surface area contributed by atoms with Crippen LogP contribution in [0.4, 0.5) is 0 Å². The molecule has 1 aromatic heterocycles.